The number of aromatic nitrogens is 3. The van der Waals surface area contributed by atoms with E-state index in [1.807, 2.05) is 30.3 Å². The fraction of sp³-hybridized carbons (Fsp3) is 0. The summed E-state index contributed by atoms with van der Waals surface area (Å²) >= 11 is 7.97. The third-order valence-corrected chi connectivity index (χ3v) is 3.55. The number of benzene rings is 1. The van der Waals surface area contributed by atoms with E-state index < -0.39 is 0 Å². The number of pyridine rings is 1. The first-order chi connectivity index (χ1) is 9.22. The smallest absolute Gasteiger partial charge is 0.224 e. The second kappa shape index (κ2) is 5.26. The van der Waals surface area contributed by atoms with E-state index in [9.17, 15) is 0 Å². The molecule has 94 valence electrons. The van der Waals surface area contributed by atoms with E-state index >= 15 is 0 Å². The van der Waals surface area contributed by atoms with Crippen molar-refractivity contribution in [2.75, 3.05) is 5.32 Å². The van der Waals surface area contributed by atoms with Crippen LogP contribution in [-0.2, 0) is 0 Å². The molecule has 0 aliphatic heterocycles. The molecular weight excluding hydrogens is 375 g/mol. The molecule has 0 saturated carbocycles. The first-order valence-electron chi connectivity index (χ1n) is 5.52. The van der Waals surface area contributed by atoms with Gasteiger partial charge >= 0.3 is 0 Å². The lowest BCUT2D eigenvalue weighted by Crippen LogP contribution is -1.98. The Kier molecular flexibility index (Phi) is 3.48. The number of fused-ring (bicyclic) bond motifs is 1. The number of nitrogens with zero attached hydrogens (tertiary/aromatic N) is 3. The molecule has 0 spiro atoms. The zero-order chi connectivity index (χ0) is 13.2. The van der Waals surface area contributed by atoms with Crippen molar-refractivity contribution in [2.24, 2.45) is 0 Å². The number of hydrogen-bond acceptors (Lipinski definition) is 4. The minimum absolute atomic E-state index is 0.227. The van der Waals surface area contributed by atoms with Crippen molar-refractivity contribution in [3.05, 3.63) is 51.6 Å². The molecule has 0 aliphatic carbocycles. The molecule has 2 heterocycles. The summed E-state index contributed by atoms with van der Waals surface area (Å²) in [6.07, 6.45) is 3.46. The van der Waals surface area contributed by atoms with Crippen LogP contribution < -0.4 is 5.32 Å². The van der Waals surface area contributed by atoms with Crippen LogP contribution in [0.25, 0.3) is 10.9 Å². The molecule has 0 saturated heterocycles. The summed E-state index contributed by atoms with van der Waals surface area (Å²) in [7, 11) is 0. The van der Waals surface area contributed by atoms with Gasteiger partial charge in [0.25, 0.3) is 0 Å². The highest BCUT2D eigenvalue weighted by Gasteiger charge is 2.04. The molecule has 0 amide bonds. The van der Waals surface area contributed by atoms with E-state index in [4.69, 9.17) is 11.6 Å². The van der Waals surface area contributed by atoms with Crippen LogP contribution in [0.5, 0.6) is 0 Å². The Morgan fingerprint density at radius 1 is 1.16 bits per heavy atom. The molecular formula is C13H8ClIN4. The Balaban J connectivity index is 1.98. The molecule has 1 aromatic carbocycles. The van der Waals surface area contributed by atoms with Gasteiger partial charge in [-0.25, -0.2) is 4.98 Å². The van der Waals surface area contributed by atoms with Crippen LogP contribution in [0.1, 0.15) is 0 Å². The maximum atomic E-state index is 5.80. The fourth-order valence-corrected chi connectivity index (χ4v) is 2.25. The highest BCUT2D eigenvalue weighted by molar-refractivity contribution is 14.1. The van der Waals surface area contributed by atoms with Gasteiger partial charge in [-0.05, 0) is 58.5 Å². The summed E-state index contributed by atoms with van der Waals surface area (Å²) in [5.41, 5.74) is 1.90. The average Bonchev–Trinajstić information content (AvgIpc) is 2.43. The Morgan fingerprint density at radius 2 is 2.05 bits per heavy atom. The standard InChI is InChI=1S/C13H8ClIN4/c14-13-17-7-10(15)12(19-13)18-9-3-4-11-8(6-9)2-1-5-16-11/h1-7H,(H,17,18,19). The second-order valence-electron chi connectivity index (χ2n) is 3.87. The van der Waals surface area contributed by atoms with Crippen LogP contribution >= 0.6 is 34.2 Å². The maximum absolute atomic E-state index is 5.80. The van der Waals surface area contributed by atoms with Crippen LogP contribution in [-0.4, -0.2) is 15.0 Å². The van der Waals surface area contributed by atoms with Gasteiger partial charge in [0.15, 0.2) is 0 Å². The predicted molar refractivity (Wildman–Crippen MR) is 84.8 cm³/mol. The molecule has 0 bridgehead atoms. The predicted octanol–water partition coefficient (Wildman–Crippen LogP) is 4.03. The van der Waals surface area contributed by atoms with Gasteiger partial charge in [-0.2, -0.15) is 4.98 Å². The average molecular weight is 383 g/mol. The Labute approximate surface area is 128 Å². The third-order valence-electron chi connectivity index (χ3n) is 2.58. The number of hydrogen-bond donors (Lipinski definition) is 1. The van der Waals surface area contributed by atoms with Crippen molar-refractivity contribution in [3.8, 4) is 0 Å². The lowest BCUT2D eigenvalue weighted by Gasteiger charge is -2.08. The minimum Gasteiger partial charge on any atom is -0.339 e. The Bertz CT molecular complexity index is 748. The van der Waals surface area contributed by atoms with Gasteiger partial charge in [-0.15, -0.1) is 0 Å². The van der Waals surface area contributed by atoms with Gasteiger partial charge in [0.2, 0.25) is 5.28 Å². The summed E-state index contributed by atoms with van der Waals surface area (Å²) in [4.78, 5) is 12.4. The molecule has 3 aromatic rings. The van der Waals surface area contributed by atoms with Crippen molar-refractivity contribution in [1.29, 1.82) is 0 Å². The van der Waals surface area contributed by atoms with Crippen molar-refractivity contribution in [3.63, 3.8) is 0 Å². The lowest BCUT2D eigenvalue weighted by molar-refractivity contribution is 1.15. The van der Waals surface area contributed by atoms with E-state index in [0.29, 0.717) is 5.82 Å². The lowest BCUT2D eigenvalue weighted by atomic mass is 10.2. The molecule has 2 aromatic heterocycles. The molecule has 0 unspecified atom stereocenters. The quantitative estimate of drug-likeness (QED) is 0.537. The fourth-order valence-electron chi connectivity index (χ4n) is 1.72. The largest absolute Gasteiger partial charge is 0.339 e. The topological polar surface area (TPSA) is 50.7 Å². The molecule has 4 nitrogen and oxygen atoms in total. The van der Waals surface area contributed by atoms with E-state index in [2.05, 4.69) is 42.9 Å². The molecule has 6 heteroatoms. The van der Waals surface area contributed by atoms with Crippen molar-refractivity contribution in [2.45, 2.75) is 0 Å². The molecule has 0 fully saturated rings. The summed E-state index contributed by atoms with van der Waals surface area (Å²) < 4.78 is 0.910. The van der Waals surface area contributed by atoms with Crippen molar-refractivity contribution >= 4 is 56.6 Å². The number of nitrogens with one attached hydrogen (secondary N) is 1. The van der Waals surface area contributed by atoms with Crippen LogP contribution in [0.2, 0.25) is 5.28 Å². The van der Waals surface area contributed by atoms with Crippen LogP contribution in [0.4, 0.5) is 11.5 Å². The molecule has 3 rings (SSSR count). The van der Waals surface area contributed by atoms with Crippen LogP contribution in [0.15, 0.2) is 42.7 Å². The number of halogens is 2. The summed E-state index contributed by atoms with van der Waals surface area (Å²) in [5.74, 6) is 0.698. The van der Waals surface area contributed by atoms with Gasteiger partial charge < -0.3 is 5.32 Å². The normalized spacial score (nSPS) is 10.6. The number of anilines is 2. The van der Waals surface area contributed by atoms with Crippen molar-refractivity contribution in [1.82, 2.24) is 15.0 Å². The summed E-state index contributed by atoms with van der Waals surface area (Å²) in [6.45, 7) is 0. The van der Waals surface area contributed by atoms with Gasteiger partial charge in [0.1, 0.15) is 5.82 Å². The molecule has 0 atom stereocenters. The molecule has 19 heavy (non-hydrogen) atoms. The zero-order valence-electron chi connectivity index (χ0n) is 9.64. The Hall–Kier alpha value is -1.47. The van der Waals surface area contributed by atoms with Crippen LogP contribution in [0, 0.1) is 3.57 Å². The molecule has 0 radical (unpaired) electrons. The van der Waals surface area contributed by atoms with E-state index in [1.54, 1.807) is 12.4 Å². The highest BCUT2D eigenvalue weighted by atomic mass is 127. The number of rotatable bonds is 2. The van der Waals surface area contributed by atoms with Gasteiger partial charge in [0.05, 0.1) is 9.09 Å². The van der Waals surface area contributed by atoms with Gasteiger partial charge in [-0.3, -0.25) is 4.98 Å². The highest BCUT2D eigenvalue weighted by Crippen LogP contribution is 2.23. The Morgan fingerprint density at radius 3 is 2.95 bits per heavy atom. The monoisotopic (exact) mass is 382 g/mol. The molecule has 1 N–H and O–H groups in total. The SMILES string of the molecule is Clc1ncc(I)c(Nc2ccc3ncccc3c2)n1. The minimum atomic E-state index is 0.227. The summed E-state index contributed by atoms with van der Waals surface area (Å²) in [5, 5.41) is 4.53. The van der Waals surface area contributed by atoms with Gasteiger partial charge in [0, 0.05) is 23.5 Å². The van der Waals surface area contributed by atoms with E-state index in [1.165, 1.54) is 0 Å². The van der Waals surface area contributed by atoms with E-state index in [-0.39, 0.29) is 5.28 Å². The first-order valence-corrected chi connectivity index (χ1v) is 6.98. The van der Waals surface area contributed by atoms with Crippen LogP contribution in [0.3, 0.4) is 0 Å². The van der Waals surface area contributed by atoms with Gasteiger partial charge in [-0.1, -0.05) is 6.07 Å². The van der Waals surface area contributed by atoms with Crippen molar-refractivity contribution < 1.29 is 0 Å². The third kappa shape index (κ3) is 2.76. The zero-order valence-corrected chi connectivity index (χ0v) is 12.6. The molecule has 0 aliphatic rings. The maximum Gasteiger partial charge on any atom is 0.224 e. The second-order valence-corrected chi connectivity index (χ2v) is 5.37. The van der Waals surface area contributed by atoms with E-state index in [0.717, 1.165) is 20.2 Å². The first kappa shape index (κ1) is 12.6. The summed E-state index contributed by atoms with van der Waals surface area (Å²) in [6, 6.07) is 9.88.